The highest BCUT2D eigenvalue weighted by Crippen LogP contribution is 2.44. The van der Waals surface area contributed by atoms with E-state index in [1.807, 2.05) is 18.2 Å². The minimum Gasteiger partial charge on any atom is -0.468 e. The second-order valence-electron chi connectivity index (χ2n) is 13.2. The highest BCUT2D eigenvalue weighted by molar-refractivity contribution is 6.99. The van der Waals surface area contributed by atoms with Gasteiger partial charge in [-0.15, -0.1) is 0 Å². The van der Waals surface area contributed by atoms with E-state index in [-0.39, 0.29) is 17.1 Å². The summed E-state index contributed by atoms with van der Waals surface area (Å²) in [6.45, 7) is 7.35. The summed E-state index contributed by atoms with van der Waals surface area (Å²) in [6, 6.07) is 34.5. The standard InChI is InChI=1S/C38H39ClN2O4Si/c1-38(2,3)46(31-14-7-5-8-15-31,32-16-9-6-10-17-32)45-25-26-20-29(21-26)27-18-19-34-33(23-27)37(43)41(24-35(42)44-4)36(40-34)28-12-11-13-30(39)22-28/h5-19,22-23,26,29H,20-21,24-25H2,1-4H3. The molecule has 5 aromatic rings. The van der Waals surface area contributed by atoms with Crippen molar-refractivity contribution < 1.29 is 14.0 Å². The molecule has 1 aliphatic carbocycles. The number of nitrogens with zero attached hydrogens (tertiary/aromatic N) is 2. The van der Waals surface area contributed by atoms with Crippen LogP contribution >= 0.6 is 11.6 Å². The second kappa shape index (κ2) is 13.0. The first-order valence-electron chi connectivity index (χ1n) is 15.7. The average molecular weight is 651 g/mol. The predicted octanol–water partition coefficient (Wildman–Crippen LogP) is 6.96. The summed E-state index contributed by atoms with van der Waals surface area (Å²) in [6.07, 6.45) is 1.96. The molecule has 236 valence electrons. The van der Waals surface area contributed by atoms with Crippen molar-refractivity contribution in [3.63, 3.8) is 0 Å². The second-order valence-corrected chi connectivity index (χ2v) is 17.9. The highest BCUT2D eigenvalue weighted by Gasteiger charge is 2.50. The fraction of sp³-hybridized carbons (Fsp3) is 0.289. The zero-order chi connectivity index (χ0) is 32.5. The van der Waals surface area contributed by atoms with Crippen LogP contribution in [-0.2, 0) is 20.5 Å². The number of hydrogen-bond acceptors (Lipinski definition) is 5. The SMILES string of the molecule is COC(=O)Cn1c(-c2cccc(Cl)c2)nc2ccc(C3CC(CO[Si](c4ccccc4)(c4ccccc4)C(C)(C)C)C3)cc2c1=O. The lowest BCUT2D eigenvalue weighted by atomic mass is 9.72. The maximum Gasteiger partial charge on any atom is 0.325 e. The number of carbonyl (C=O) groups excluding carboxylic acids is 1. The van der Waals surface area contributed by atoms with Gasteiger partial charge in [0, 0.05) is 17.2 Å². The van der Waals surface area contributed by atoms with Crippen molar-refractivity contribution in [3.8, 4) is 11.4 Å². The summed E-state index contributed by atoms with van der Waals surface area (Å²) in [4.78, 5) is 31.0. The molecule has 1 saturated carbocycles. The zero-order valence-electron chi connectivity index (χ0n) is 26.7. The van der Waals surface area contributed by atoms with Gasteiger partial charge in [0.25, 0.3) is 13.9 Å². The number of carbonyl (C=O) groups is 1. The lowest BCUT2D eigenvalue weighted by Gasteiger charge is -2.45. The topological polar surface area (TPSA) is 70.4 Å². The quantitative estimate of drug-likeness (QED) is 0.127. The van der Waals surface area contributed by atoms with Gasteiger partial charge in [0.2, 0.25) is 0 Å². The van der Waals surface area contributed by atoms with Crippen LogP contribution in [0.2, 0.25) is 10.1 Å². The van der Waals surface area contributed by atoms with Crippen LogP contribution in [0.4, 0.5) is 0 Å². The van der Waals surface area contributed by atoms with Crippen molar-refractivity contribution in [1.29, 1.82) is 0 Å². The van der Waals surface area contributed by atoms with E-state index >= 15 is 0 Å². The summed E-state index contributed by atoms with van der Waals surface area (Å²) in [5.41, 5.74) is 2.06. The molecular weight excluding hydrogens is 612 g/mol. The van der Waals surface area contributed by atoms with Gasteiger partial charge in [-0.05, 0) is 69.9 Å². The van der Waals surface area contributed by atoms with Gasteiger partial charge < -0.3 is 9.16 Å². The van der Waals surface area contributed by atoms with E-state index in [9.17, 15) is 9.59 Å². The number of hydrogen-bond donors (Lipinski definition) is 0. The van der Waals surface area contributed by atoms with E-state index in [1.54, 1.807) is 18.2 Å². The van der Waals surface area contributed by atoms with Gasteiger partial charge in [-0.25, -0.2) is 4.98 Å². The first-order chi connectivity index (χ1) is 22.1. The van der Waals surface area contributed by atoms with Crippen LogP contribution in [-0.4, -0.2) is 37.6 Å². The third-order valence-electron chi connectivity index (χ3n) is 9.24. The van der Waals surface area contributed by atoms with Gasteiger partial charge in [0.05, 0.1) is 18.0 Å². The lowest BCUT2D eigenvalue weighted by Crippen LogP contribution is -2.67. The molecule has 1 aromatic heterocycles. The predicted molar refractivity (Wildman–Crippen MR) is 188 cm³/mol. The smallest absolute Gasteiger partial charge is 0.325 e. The van der Waals surface area contributed by atoms with Crippen LogP contribution in [0.1, 0.15) is 45.1 Å². The number of fused-ring (bicyclic) bond motifs is 1. The van der Waals surface area contributed by atoms with Gasteiger partial charge in [-0.1, -0.05) is 111 Å². The molecular formula is C38H39ClN2O4Si. The van der Waals surface area contributed by atoms with Crippen LogP contribution in [0.5, 0.6) is 0 Å². The molecule has 0 spiro atoms. The molecule has 0 amide bonds. The minimum absolute atomic E-state index is 0.0712. The van der Waals surface area contributed by atoms with Crippen LogP contribution < -0.4 is 15.9 Å². The first-order valence-corrected chi connectivity index (χ1v) is 18.0. The molecule has 6 rings (SSSR count). The van der Waals surface area contributed by atoms with Crippen molar-refractivity contribution in [2.75, 3.05) is 13.7 Å². The number of aromatic nitrogens is 2. The minimum atomic E-state index is -2.60. The number of ether oxygens (including phenoxy) is 1. The molecule has 0 atom stereocenters. The van der Waals surface area contributed by atoms with E-state index in [0.717, 1.165) is 18.4 Å². The highest BCUT2D eigenvalue weighted by atomic mass is 35.5. The van der Waals surface area contributed by atoms with Gasteiger partial charge in [0.15, 0.2) is 0 Å². The number of esters is 1. The van der Waals surface area contributed by atoms with E-state index < -0.39 is 14.3 Å². The van der Waals surface area contributed by atoms with Gasteiger partial charge in [-0.3, -0.25) is 14.2 Å². The maximum absolute atomic E-state index is 13.8. The molecule has 1 heterocycles. The molecule has 6 nitrogen and oxygen atoms in total. The summed E-state index contributed by atoms with van der Waals surface area (Å²) in [5.74, 6) is 0.590. The third-order valence-corrected chi connectivity index (χ3v) is 14.5. The molecule has 8 heteroatoms. The first kappa shape index (κ1) is 31.9. The number of halogens is 1. The Labute approximate surface area is 276 Å². The Bertz CT molecular complexity index is 1880. The average Bonchev–Trinajstić information content (AvgIpc) is 3.03. The normalized spacial score (nSPS) is 16.6. The Morgan fingerprint density at radius 1 is 0.913 bits per heavy atom. The number of rotatable bonds is 9. The maximum atomic E-state index is 13.8. The molecule has 1 fully saturated rings. The number of benzene rings is 4. The lowest BCUT2D eigenvalue weighted by molar-refractivity contribution is -0.141. The summed E-state index contributed by atoms with van der Waals surface area (Å²) in [5, 5.41) is 3.50. The Morgan fingerprint density at radius 3 is 2.15 bits per heavy atom. The van der Waals surface area contributed by atoms with E-state index in [2.05, 4.69) is 87.5 Å². The zero-order valence-corrected chi connectivity index (χ0v) is 28.5. The Hall–Kier alpha value is -4.04. The van der Waals surface area contributed by atoms with Crippen LogP contribution in [0.25, 0.3) is 22.3 Å². The van der Waals surface area contributed by atoms with Crippen LogP contribution in [0.15, 0.2) is 108 Å². The van der Waals surface area contributed by atoms with Crippen LogP contribution in [0.3, 0.4) is 0 Å². The molecule has 0 unspecified atom stereocenters. The van der Waals surface area contributed by atoms with Gasteiger partial charge in [-0.2, -0.15) is 0 Å². The molecule has 46 heavy (non-hydrogen) atoms. The van der Waals surface area contributed by atoms with Crippen molar-refractivity contribution in [2.24, 2.45) is 5.92 Å². The summed E-state index contributed by atoms with van der Waals surface area (Å²) >= 11 is 6.25. The van der Waals surface area contributed by atoms with E-state index in [4.69, 9.17) is 25.7 Å². The summed E-state index contributed by atoms with van der Waals surface area (Å²) in [7, 11) is -1.29. The molecule has 0 N–H and O–H groups in total. The molecule has 0 aliphatic heterocycles. The summed E-state index contributed by atoms with van der Waals surface area (Å²) < 4.78 is 13.5. The Balaban J connectivity index is 1.26. The van der Waals surface area contributed by atoms with E-state index in [1.165, 1.54) is 22.1 Å². The Kier molecular flexibility index (Phi) is 9.01. The van der Waals surface area contributed by atoms with E-state index in [0.29, 0.717) is 45.8 Å². The fourth-order valence-corrected chi connectivity index (χ4v) is 11.7. The monoisotopic (exact) mass is 650 g/mol. The van der Waals surface area contributed by atoms with Crippen molar-refractivity contribution in [2.45, 2.75) is 51.1 Å². The fourth-order valence-electron chi connectivity index (χ4n) is 6.83. The largest absolute Gasteiger partial charge is 0.468 e. The van der Waals surface area contributed by atoms with Crippen molar-refractivity contribution in [1.82, 2.24) is 9.55 Å². The molecule has 0 saturated heterocycles. The van der Waals surface area contributed by atoms with Crippen molar-refractivity contribution >= 4 is 47.2 Å². The Morgan fingerprint density at radius 2 is 1.57 bits per heavy atom. The molecule has 0 bridgehead atoms. The van der Waals surface area contributed by atoms with Crippen molar-refractivity contribution in [3.05, 3.63) is 124 Å². The van der Waals surface area contributed by atoms with Gasteiger partial charge >= 0.3 is 5.97 Å². The molecule has 0 radical (unpaired) electrons. The van der Waals surface area contributed by atoms with Crippen LogP contribution in [0, 0.1) is 5.92 Å². The molecule has 1 aliphatic rings. The molecule has 4 aromatic carbocycles. The van der Waals surface area contributed by atoms with Gasteiger partial charge in [0.1, 0.15) is 12.4 Å². The number of methoxy groups -OCH3 is 1. The third kappa shape index (κ3) is 6.07.